The number of rotatable bonds is 11. The first-order chi connectivity index (χ1) is 17.2. The van der Waals surface area contributed by atoms with E-state index in [1.54, 1.807) is 12.1 Å². The number of carbonyl (C=O) groups is 1. The standard InChI is InChI=1S/C26H30N2O7S/c1-18-6-8-19(9-7-18)16-27-26(29)17-28(22-14-20(32-2)10-12-23(22)33-3)36(30,31)21-11-13-24(34-4)25(15-21)35-5/h6-15H,16-17H2,1-5H3,(H,27,29). The van der Waals surface area contributed by atoms with Crippen molar-refractivity contribution in [1.82, 2.24) is 5.32 Å². The van der Waals surface area contributed by atoms with Crippen molar-refractivity contribution in [2.45, 2.75) is 18.4 Å². The summed E-state index contributed by atoms with van der Waals surface area (Å²) in [5.74, 6) is 0.770. The first-order valence-corrected chi connectivity index (χ1v) is 12.5. The molecule has 3 aromatic carbocycles. The minimum absolute atomic E-state index is 0.0867. The lowest BCUT2D eigenvalue weighted by Gasteiger charge is -2.26. The molecule has 3 rings (SSSR count). The topological polar surface area (TPSA) is 103 Å². The molecule has 0 aliphatic rings. The summed E-state index contributed by atoms with van der Waals surface area (Å²) in [6.45, 7) is 1.73. The van der Waals surface area contributed by atoms with E-state index in [4.69, 9.17) is 18.9 Å². The SMILES string of the molecule is COc1ccc(OC)c(N(CC(=O)NCc2ccc(C)cc2)S(=O)(=O)c2ccc(OC)c(OC)c2)c1. The van der Waals surface area contributed by atoms with Crippen LogP contribution >= 0.6 is 0 Å². The molecule has 0 aromatic heterocycles. The molecule has 36 heavy (non-hydrogen) atoms. The van der Waals surface area contributed by atoms with E-state index in [9.17, 15) is 13.2 Å². The summed E-state index contributed by atoms with van der Waals surface area (Å²) >= 11 is 0. The first kappa shape index (κ1) is 26.7. The van der Waals surface area contributed by atoms with Crippen LogP contribution in [0.15, 0.2) is 65.6 Å². The van der Waals surface area contributed by atoms with E-state index in [0.717, 1.165) is 15.4 Å². The number of anilines is 1. The molecule has 192 valence electrons. The van der Waals surface area contributed by atoms with Crippen molar-refractivity contribution in [2.24, 2.45) is 0 Å². The third-order valence-electron chi connectivity index (χ3n) is 5.50. The monoisotopic (exact) mass is 514 g/mol. The molecule has 0 saturated carbocycles. The fraction of sp³-hybridized carbons (Fsp3) is 0.269. The average molecular weight is 515 g/mol. The Hall–Kier alpha value is -3.92. The minimum Gasteiger partial charge on any atom is -0.497 e. The molecule has 0 fully saturated rings. The quantitative estimate of drug-likeness (QED) is 0.417. The Balaban J connectivity index is 2.01. The van der Waals surface area contributed by atoms with Gasteiger partial charge in [-0.25, -0.2) is 8.42 Å². The predicted molar refractivity (Wildman–Crippen MR) is 137 cm³/mol. The number of hydrogen-bond acceptors (Lipinski definition) is 7. The zero-order valence-electron chi connectivity index (χ0n) is 20.9. The Labute approximate surface area is 211 Å². The summed E-state index contributed by atoms with van der Waals surface area (Å²) in [6.07, 6.45) is 0. The Morgan fingerprint density at radius 2 is 1.44 bits per heavy atom. The second-order valence-electron chi connectivity index (χ2n) is 7.83. The van der Waals surface area contributed by atoms with Crippen LogP contribution in [0.5, 0.6) is 23.0 Å². The van der Waals surface area contributed by atoms with Gasteiger partial charge < -0.3 is 24.3 Å². The summed E-state index contributed by atoms with van der Waals surface area (Å²) in [5, 5.41) is 2.79. The van der Waals surface area contributed by atoms with Crippen molar-refractivity contribution in [3.8, 4) is 23.0 Å². The average Bonchev–Trinajstić information content (AvgIpc) is 2.90. The van der Waals surface area contributed by atoms with E-state index in [0.29, 0.717) is 11.5 Å². The van der Waals surface area contributed by atoms with Crippen LogP contribution in [-0.4, -0.2) is 49.3 Å². The number of nitrogens with one attached hydrogen (secondary N) is 1. The van der Waals surface area contributed by atoms with Gasteiger partial charge >= 0.3 is 0 Å². The fourth-order valence-corrected chi connectivity index (χ4v) is 4.93. The second-order valence-corrected chi connectivity index (χ2v) is 9.69. The Morgan fingerprint density at radius 3 is 2.06 bits per heavy atom. The highest BCUT2D eigenvalue weighted by Gasteiger charge is 2.31. The van der Waals surface area contributed by atoms with Crippen LogP contribution in [-0.2, 0) is 21.4 Å². The van der Waals surface area contributed by atoms with Crippen LogP contribution in [0.2, 0.25) is 0 Å². The van der Waals surface area contributed by atoms with Gasteiger partial charge in [0.05, 0.1) is 39.0 Å². The summed E-state index contributed by atoms with van der Waals surface area (Å²) in [5.41, 5.74) is 2.14. The van der Waals surface area contributed by atoms with Gasteiger partial charge in [-0.3, -0.25) is 9.10 Å². The van der Waals surface area contributed by atoms with Gasteiger partial charge in [0.15, 0.2) is 11.5 Å². The van der Waals surface area contributed by atoms with E-state index >= 15 is 0 Å². The number of sulfonamides is 1. The van der Waals surface area contributed by atoms with Crippen LogP contribution in [0.4, 0.5) is 5.69 Å². The van der Waals surface area contributed by atoms with Gasteiger partial charge in [0.2, 0.25) is 5.91 Å². The summed E-state index contributed by atoms with van der Waals surface area (Å²) in [7, 11) is 1.50. The van der Waals surface area contributed by atoms with Gasteiger partial charge in [0.25, 0.3) is 10.0 Å². The highest BCUT2D eigenvalue weighted by atomic mass is 32.2. The number of nitrogens with zero attached hydrogens (tertiary/aromatic N) is 1. The second kappa shape index (κ2) is 11.7. The highest BCUT2D eigenvalue weighted by molar-refractivity contribution is 7.92. The van der Waals surface area contributed by atoms with Crippen molar-refractivity contribution in [3.63, 3.8) is 0 Å². The van der Waals surface area contributed by atoms with Crippen LogP contribution in [0.1, 0.15) is 11.1 Å². The third-order valence-corrected chi connectivity index (χ3v) is 7.25. The first-order valence-electron chi connectivity index (χ1n) is 11.0. The molecule has 1 N–H and O–H groups in total. The molecular weight excluding hydrogens is 484 g/mol. The van der Waals surface area contributed by atoms with E-state index in [2.05, 4.69) is 5.32 Å². The van der Waals surface area contributed by atoms with Crippen LogP contribution in [0, 0.1) is 6.92 Å². The van der Waals surface area contributed by atoms with Crippen molar-refractivity contribution < 1.29 is 32.2 Å². The Kier molecular flexibility index (Phi) is 8.65. The van der Waals surface area contributed by atoms with Crippen molar-refractivity contribution in [1.29, 1.82) is 0 Å². The maximum atomic E-state index is 13.9. The lowest BCUT2D eigenvalue weighted by atomic mass is 10.1. The number of methoxy groups -OCH3 is 4. The zero-order valence-corrected chi connectivity index (χ0v) is 21.7. The normalized spacial score (nSPS) is 10.9. The maximum Gasteiger partial charge on any atom is 0.265 e. The largest absolute Gasteiger partial charge is 0.497 e. The summed E-state index contributed by atoms with van der Waals surface area (Å²) in [6, 6.07) is 16.6. The number of ether oxygens (including phenoxy) is 4. The van der Waals surface area contributed by atoms with Gasteiger partial charge in [-0.05, 0) is 36.8 Å². The number of carbonyl (C=O) groups excluding carboxylic acids is 1. The molecule has 0 aliphatic carbocycles. The molecule has 10 heteroatoms. The van der Waals surface area contributed by atoms with Crippen LogP contribution < -0.4 is 28.6 Å². The summed E-state index contributed by atoms with van der Waals surface area (Å²) in [4.78, 5) is 12.9. The van der Waals surface area contributed by atoms with E-state index < -0.39 is 22.5 Å². The zero-order chi connectivity index (χ0) is 26.3. The van der Waals surface area contributed by atoms with E-state index in [1.165, 1.54) is 52.7 Å². The van der Waals surface area contributed by atoms with Gasteiger partial charge in [-0.2, -0.15) is 0 Å². The van der Waals surface area contributed by atoms with Gasteiger partial charge in [-0.1, -0.05) is 29.8 Å². The predicted octanol–water partition coefficient (Wildman–Crippen LogP) is 3.54. The van der Waals surface area contributed by atoms with Gasteiger partial charge in [0, 0.05) is 18.7 Å². The van der Waals surface area contributed by atoms with Crippen LogP contribution in [0.25, 0.3) is 0 Å². The molecular formula is C26H30N2O7S. The lowest BCUT2D eigenvalue weighted by Crippen LogP contribution is -2.40. The minimum atomic E-state index is -4.25. The van der Waals surface area contributed by atoms with Gasteiger partial charge in [0.1, 0.15) is 18.0 Å². The van der Waals surface area contributed by atoms with E-state index in [-0.39, 0.29) is 28.6 Å². The van der Waals surface area contributed by atoms with Crippen LogP contribution in [0.3, 0.4) is 0 Å². The fourth-order valence-electron chi connectivity index (χ4n) is 3.49. The third kappa shape index (κ3) is 6.01. The molecule has 9 nitrogen and oxygen atoms in total. The van der Waals surface area contributed by atoms with Crippen molar-refractivity contribution in [2.75, 3.05) is 39.3 Å². The number of hydrogen-bond donors (Lipinski definition) is 1. The van der Waals surface area contributed by atoms with Crippen molar-refractivity contribution >= 4 is 21.6 Å². The molecule has 0 aliphatic heterocycles. The molecule has 0 unspecified atom stereocenters. The molecule has 0 radical (unpaired) electrons. The number of benzene rings is 3. The van der Waals surface area contributed by atoms with E-state index in [1.807, 2.05) is 31.2 Å². The molecule has 3 aromatic rings. The molecule has 0 atom stereocenters. The number of amides is 1. The molecule has 0 heterocycles. The Bertz CT molecular complexity index is 1310. The van der Waals surface area contributed by atoms with Gasteiger partial charge in [-0.15, -0.1) is 0 Å². The Morgan fingerprint density at radius 1 is 0.806 bits per heavy atom. The van der Waals surface area contributed by atoms with Crippen molar-refractivity contribution in [3.05, 3.63) is 71.8 Å². The highest BCUT2D eigenvalue weighted by Crippen LogP contribution is 2.37. The lowest BCUT2D eigenvalue weighted by molar-refractivity contribution is -0.119. The molecule has 0 spiro atoms. The maximum absolute atomic E-state index is 13.9. The molecule has 0 saturated heterocycles. The molecule has 1 amide bonds. The molecule has 0 bridgehead atoms. The number of aryl methyl sites for hydroxylation is 1. The summed E-state index contributed by atoms with van der Waals surface area (Å²) < 4.78 is 50.0. The smallest absolute Gasteiger partial charge is 0.265 e.